The topological polar surface area (TPSA) is 63.1 Å². The summed E-state index contributed by atoms with van der Waals surface area (Å²) in [5.41, 5.74) is 2.84. The number of nitrogens with zero attached hydrogens (tertiary/aromatic N) is 4. The quantitative estimate of drug-likeness (QED) is 0.713. The number of hydrogen-bond donors (Lipinski definition) is 1. The lowest BCUT2D eigenvalue weighted by Gasteiger charge is -2.31. The van der Waals surface area contributed by atoms with Gasteiger partial charge < -0.3 is 5.32 Å². The number of carbonyl (C=O) groups is 1. The van der Waals surface area contributed by atoms with Crippen LogP contribution in [-0.2, 0) is 6.54 Å². The van der Waals surface area contributed by atoms with Crippen molar-refractivity contribution in [3.63, 3.8) is 0 Å². The molecule has 1 amide bonds. The Labute approximate surface area is 162 Å². The average molecular weight is 382 g/mol. The maximum atomic E-state index is 12.7. The van der Waals surface area contributed by atoms with E-state index in [2.05, 4.69) is 37.2 Å². The molecule has 4 rings (SSSR count). The van der Waals surface area contributed by atoms with Gasteiger partial charge in [0.25, 0.3) is 5.91 Å². The van der Waals surface area contributed by atoms with Crippen LogP contribution in [0.4, 0.5) is 0 Å². The maximum absolute atomic E-state index is 12.7. The van der Waals surface area contributed by atoms with Crippen LogP contribution in [0, 0.1) is 5.92 Å². The number of likely N-dealkylation sites (tertiary alicyclic amines) is 1. The van der Waals surface area contributed by atoms with E-state index in [1.165, 1.54) is 5.56 Å². The molecule has 0 atom stereocenters. The van der Waals surface area contributed by atoms with Crippen LogP contribution in [0.2, 0.25) is 0 Å². The number of carbonyl (C=O) groups excluding carboxylic acids is 1. The fourth-order valence-electron chi connectivity index (χ4n) is 3.54. The van der Waals surface area contributed by atoms with Gasteiger partial charge in [-0.25, -0.2) is 0 Å². The van der Waals surface area contributed by atoms with Gasteiger partial charge in [0.05, 0.1) is 11.3 Å². The van der Waals surface area contributed by atoms with Gasteiger partial charge in [0.1, 0.15) is 12.7 Å². The number of hydrogen-bond acceptors (Lipinski definition) is 5. The van der Waals surface area contributed by atoms with Gasteiger partial charge in [0, 0.05) is 13.1 Å². The Morgan fingerprint density at radius 2 is 1.93 bits per heavy atom. The second-order valence-electron chi connectivity index (χ2n) is 6.95. The molecule has 0 unspecified atom stereocenters. The number of piperidine rings is 1. The van der Waals surface area contributed by atoms with Crippen LogP contribution < -0.4 is 5.32 Å². The van der Waals surface area contributed by atoms with Crippen LogP contribution in [0.25, 0.3) is 5.69 Å². The van der Waals surface area contributed by atoms with Crippen LogP contribution >= 0.6 is 11.3 Å². The van der Waals surface area contributed by atoms with Gasteiger partial charge in [-0.2, -0.15) is 11.3 Å². The number of aromatic nitrogens is 3. The van der Waals surface area contributed by atoms with E-state index in [4.69, 9.17) is 0 Å². The summed E-state index contributed by atoms with van der Waals surface area (Å²) in [6.07, 6.45) is 5.46. The summed E-state index contributed by atoms with van der Waals surface area (Å²) in [5, 5.41) is 15.1. The lowest BCUT2D eigenvalue weighted by molar-refractivity contribution is 0.0935. The third kappa shape index (κ3) is 4.43. The lowest BCUT2D eigenvalue weighted by atomic mass is 9.96. The lowest BCUT2D eigenvalue weighted by Crippen LogP contribution is -2.38. The Kier molecular flexibility index (Phi) is 5.60. The SMILES string of the molecule is O=C(NCC1CCN(Cc2ccsc2)CC1)c1ccccc1-n1cnnc1. The largest absolute Gasteiger partial charge is 0.352 e. The summed E-state index contributed by atoms with van der Waals surface area (Å²) >= 11 is 1.75. The van der Waals surface area contributed by atoms with Gasteiger partial charge in [0.2, 0.25) is 0 Å². The normalized spacial score (nSPS) is 15.7. The number of rotatable bonds is 6. The summed E-state index contributed by atoms with van der Waals surface area (Å²) in [7, 11) is 0. The molecule has 0 radical (unpaired) electrons. The Morgan fingerprint density at radius 3 is 2.67 bits per heavy atom. The average Bonchev–Trinajstić information content (AvgIpc) is 3.41. The molecule has 1 aliphatic rings. The van der Waals surface area contributed by atoms with E-state index in [0.29, 0.717) is 11.5 Å². The highest BCUT2D eigenvalue weighted by Crippen LogP contribution is 2.20. The van der Waals surface area contributed by atoms with Crippen molar-refractivity contribution in [2.75, 3.05) is 19.6 Å². The van der Waals surface area contributed by atoms with Gasteiger partial charge in [0.15, 0.2) is 0 Å². The summed E-state index contributed by atoms with van der Waals surface area (Å²) in [6.45, 7) is 3.94. The van der Waals surface area contributed by atoms with Crippen molar-refractivity contribution < 1.29 is 4.79 Å². The minimum atomic E-state index is -0.0417. The van der Waals surface area contributed by atoms with E-state index in [1.54, 1.807) is 28.6 Å². The predicted octanol–water partition coefficient (Wildman–Crippen LogP) is 2.97. The number of para-hydroxylation sites is 1. The van der Waals surface area contributed by atoms with Gasteiger partial charge in [-0.3, -0.25) is 14.3 Å². The summed E-state index contributed by atoms with van der Waals surface area (Å²) in [4.78, 5) is 15.2. The van der Waals surface area contributed by atoms with Crippen LogP contribution in [-0.4, -0.2) is 45.2 Å². The summed E-state index contributed by atoms with van der Waals surface area (Å²) in [5.74, 6) is 0.495. The first kappa shape index (κ1) is 17.9. The molecule has 1 aromatic carbocycles. The molecule has 2 aromatic heterocycles. The van der Waals surface area contributed by atoms with Gasteiger partial charge in [-0.05, 0) is 66.4 Å². The van der Waals surface area contributed by atoms with Gasteiger partial charge in [-0.15, -0.1) is 10.2 Å². The zero-order chi connectivity index (χ0) is 18.5. The van der Waals surface area contributed by atoms with Crippen molar-refractivity contribution in [2.45, 2.75) is 19.4 Å². The van der Waals surface area contributed by atoms with E-state index in [1.807, 2.05) is 24.3 Å². The summed E-state index contributed by atoms with van der Waals surface area (Å²) in [6, 6.07) is 9.74. The molecule has 1 aliphatic heterocycles. The highest BCUT2D eigenvalue weighted by Gasteiger charge is 2.21. The molecule has 1 fully saturated rings. The second kappa shape index (κ2) is 8.45. The first-order valence-corrected chi connectivity index (χ1v) is 10.2. The standard InChI is InChI=1S/C20H23N5OS/c26-20(18-3-1-2-4-19(18)25-14-22-23-15-25)21-11-16-5-8-24(9-6-16)12-17-7-10-27-13-17/h1-4,7,10,13-16H,5-6,8-9,11-12H2,(H,21,26). The molecule has 0 spiro atoms. The first-order chi connectivity index (χ1) is 13.3. The fraction of sp³-hybridized carbons (Fsp3) is 0.350. The maximum Gasteiger partial charge on any atom is 0.253 e. The van der Waals surface area contributed by atoms with Crippen molar-refractivity contribution in [1.29, 1.82) is 0 Å². The van der Waals surface area contributed by atoms with E-state index in [9.17, 15) is 4.79 Å². The van der Waals surface area contributed by atoms with Gasteiger partial charge in [-0.1, -0.05) is 12.1 Å². The van der Waals surface area contributed by atoms with E-state index >= 15 is 0 Å². The Balaban J connectivity index is 1.29. The Bertz CT molecular complexity index is 854. The fourth-order valence-corrected chi connectivity index (χ4v) is 4.20. The van der Waals surface area contributed by atoms with Crippen LogP contribution in [0.1, 0.15) is 28.8 Å². The molecule has 1 saturated heterocycles. The number of amides is 1. The highest BCUT2D eigenvalue weighted by atomic mass is 32.1. The molecule has 0 bridgehead atoms. The van der Waals surface area contributed by atoms with Crippen molar-refractivity contribution in [1.82, 2.24) is 25.0 Å². The molecule has 3 heterocycles. The zero-order valence-corrected chi connectivity index (χ0v) is 15.9. The van der Waals surface area contributed by atoms with E-state index in [-0.39, 0.29) is 5.91 Å². The monoisotopic (exact) mass is 381 g/mol. The van der Waals surface area contributed by atoms with Crippen molar-refractivity contribution >= 4 is 17.2 Å². The molecule has 1 N–H and O–H groups in total. The smallest absolute Gasteiger partial charge is 0.253 e. The Morgan fingerprint density at radius 1 is 1.15 bits per heavy atom. The molecule has 7 heteroatoms. The summed E-state index contributed by atoms with van der Waals surface area (Å²) < 4.78 is 1.76. The second-order valence-corrected chi connectivity index (χ2v) is 7.73. The molecule has 0 saturated carbocycles. The predicted molar refractivity (Wildman–Crippen MR) is 106 cm³/mol. The number of nitrogens with one attached hydrogen (secondary N) is 1. The minimum absolute atomic E-state index is 0.0417. The third-order valence-corrected chi connectivity index (χ3v) is 5.82. The Hall–Kier alpha value is -2.51. The number of benzene rings is 1. The molecular formula is C20H23N5OS. The van der Waals surface area contributed by atoms with Gasteiger partial charge >= 0.3 is 0 Å². The number of thiophene rings is 1. The molecule has 27 heavy (non-hydrogen) atoms. The molecule has 3 aromatic rings. The van der Waals surface area contributed by atoms with Crippen LogP contribution in [0.15, 0.2) is 53.7 Å². The van der Waals surface area contributed by atoms with E-state index < -0.39 is 0 Å². The third-order valence-electron chi connectivity index (χ3n) is 5.09. The van der Waals surface area contributed by atoms with Crippen molar-refractivity contribution in [2.24, 2.45) is 5.92 Å². The van der Waals surface area contributed by atoms with Crippen molar-refractivity contribution in [3.05, 3.63) is 64.9 Å². The first-order valence-electron chi connectivity index (χ1n) is 9.25. The van der Waals surface area contributed by atoms with E-state index in [0.717, 1.165) is 44.7 Å². The molecule has 6 nitrogen and oxygen atoms in total. The van der Waals surface area contributed by atoms with Crippen LogP contribution in [0.5, 0.6) is 0 Å². The molecule has 140 valence electrons. The van der Waals surface area contributed by atoms with Crippen LogP contribution in [0.3, 0.4) is 0 Å². The molecular weight excluding hydrogens is 358 g/mol. The zero-order valence-electron chi connectivity index (χ0n) is 15.1. The highest BCUT2D eigenvalue weighted by molar-refractivity contribution is 7.07. The minimum Gasteiger partial charge on any atom is -0.352 e. The molecule has 0 aliphatic carbocycles. The van der Waals surface area contributed by atoms with Crippen molar-refractivity contribution in [3.8, 4) is 5.69 Å².